The molecule has 240 valence electrons. The van der Waals surface area contributed by atoms with E-state index >= 15 is 0 Å². The third-order valence-corrected chi connectivity index (χ3v) is 8.31. The van der Waals surface area contributed by atoms with Gasteiger partial charge in [0.05, 0.1) is 78.2 Å². The average molecular weight is 601 g/mol. The highest BCUT2D eigenvalue weighted by Gasteiger charge is 2.37. The molecule has 12 heteroatoms. The van der Waals surface area contributed by atoms with Crippen molar-refractivity contribution in [2.24, 2.45) is 35.5 Å². The van der Waals surface area contributed by atoms with E-state index in [1.54, 1.807) is 0 Å². The van der Waals surface area contributed by atoms with E-state index in [-0.39, 0.29) is 71.3 Å². The first-order valence-corrected chi connectivity index (χ1v) is 14.5. The monoisotopic (exact) mass is 600 g/mol. The number of ether oxygens (including phenoxy) is 6. The SMILES string of the molecule is COC(=O)C1CCC(C(=O)OC)CC1.COC(=O)C1CCCC(C(=O)OC)C1.COC(=O)C1CCCCC1C(=O)OC. The minimum Gasteiger partial charge on any atom is -0.469 e. The lowest BCUT2D eigenvalue weighted by atomic mass is 9.79. The number of carbonyl (C=O) groups excluding carboxylic acids is 6. The van der Waals surface area contributed by atoms with Gasteiger partial charge in [0.1, 0.15) is 0 Å². The molecule has 3 aliphatic rings. The first-order valence-electron chi connectivity index (χ1n) is 14.5. The Hall–Kier alpha value is -3.18. The van der Waals surface area contributed by atoms with Crippen LogP contribution in [0, 0.1) is 35.5 Å². The highest BCUT2D eigenvalue weighted by Crippen LogP contribution is 2.32. The van der Waals surface area contributed by atoms with Gasteiger partial charge in [-0.3, -0.25) is 28.8 Å². The maximum Gasteiger partial charge on any atom is 0.309 e. The standard InChI is InChI=1S/3C10H16O4/c1-13-9(11)7-3-5-8(6-4-7)10(12)14-2;1-13-9(11)7-4-3-5-8(6-7)10(12)14-2;1-13-9(11)7-5-3-4-6-8(7)10(12)14-2/h3*7-8H,3-6H2,1-2H3. The van der Waals surface area contributed by atoms with Gasteiger partial charge in [-0.2, -0.15) is 0 Å². The normalized spacial score (nSPS) is 26.7. The Morgan fingerprint density at radius 3 is 0.929 bits per heavy atom. The lowest BCUT2D eigenvalue weighted by Crippen LogP contribution is -2.34. The van der Waals surface area contributed by atoms with Crippen molar-refractivity contribution in [1.29, 1.82) is 0 Å². The van der Waals surface area contributed by atoms with Crippen LogP contribution in [-0.4, -0.2) is 78.5 Å². The van der Waals surface area contributed by atoms with Crippen molar-refractivity contribution in [3.05, 3.63) is 0 Å². The Morgan fingerprint density at radius 2 is 0.643 bits per heavy atom. The Labute approximate surface area is 248 Å². The fraction of sp³-hybridized carbons (Fsp3) is 0.800. The van der Waals surface area contributed by atoms with Gasteiger partial charge < -0.3 is 28.4 Å². The highest BCUT2D eigenvalue weighted by molar-refractivity contribution is 5.82. The van der Waals surface area contributed by atoms with Crippen LogP contribution in [0.5, 0.6) is 0 Å². The first-order chi connectivity index (χ1) is 20.1. The Morgan fingerprint density at radius 1 is 0.357 bits per heavy atom. The van der Waals surface area contributed by atoms with Crippen LogP contribution in [-0.2, 0) is 57.2 Å². The molecule has 3 aliphatic carbocycles. The molecule has 42 heavy (non-hydrogen) atoms. The Bertz CT molecular complexity index is 823. The van der Waals surface area contributed by atoms with Gasteiger partial charge in [0.2, 0.25) is 0 Å². The summed E-state index contributed by atoms with van der Waals surface area (Å²) >= 11 is 0. The molecule has 0 saturated heterocycles. The van der Waals surface area contributed by atoms with Crippen LogP contribution >= 0.6 is 0 Å². The number of rotatable bonds is 6. The molecule has 0 aromatic rings. The molecular formula is C30H48O12. The van der Waals surface area contributed by atoms with Gasteiger partial charge in [-0.1, -0.05) is 19.3 Å². The van der Waals surface area contributed by atoms with E-state index in [2.05, 4.69) is 28.4 Å². The van der Waals surface area contributed by atoms with Crippen LogP contribution in [0.25, 0.3) is 0 Å². The largest absolute Gasteiger partial charge is 0.469 e. The van der Waals surface area contributed by atoms with Crippen LogP contribution in [0.3, 0.4) is 0 Å². The molecule has 0 amide bonds. The van der Waals surface area contributed by atoms with Crippen LogP contribution in [0.4, 0.5) is 0 Å². The van der Waals surface area contributed by atoms with E-state index in [1.165, 1.54) is 42.7 Å². The summed E-state index contributed by atoms with van der Waals surface area (Å²) < 4.78 is 28.0. The minimum atomic E-state index is -0.304. The molecule has 0 heterocycles. The molecule has 4 atom stereocenters. The van der Waals surface area contributed by atoms with Crippen LogP contribution in [0.15, 0.2) is 0 Å². The fourth-order valence-corrected chi connectivity index (χ4v) is 5.85. The van der Waals surface area contributed by atoms with Crippen LogP contribution < -0.4 is 0 Å². The smallest absolute Gasteiger partial charge is 0.309 e. The van der Waals surface area contributed by atoms with Crippen molar-refractivity contribution in [2.75, 3.05) is 42.7 Å². The topological polar surface area (TPSA) is 158 Å². The van der Waals surface area contributed by atoms with Crippen molar-refractivity contribution in [2.45, 2.75) is 77.0 Å². The second kappa shape index (κ2) is 19.9. The maximum absolute atomic E-state index is 11.4. The second-order valence-electron chi connectivity index (χ2n) is 10.7. The summed E-state index contributed by atoms with van der Waals surface area (Å²) in [7, 11) is 8.26. The van der Waals surface area contributed by atoms with E-state index in [4.69, 9.17) is 0 Å². The van der Waals surface area contributed by atoms with Crippen molar-refractivity contribution in [1.82, 2.24) is 0 Å². The van der Waals surface area contributed by atoms with Gasteiger partial charge in [-0.05, 0) is 57.8 Å². The zero-order chi connectivity index (χ0) is 31.7. The van der Waals surface area contributed by atoms with E-state index in [1.807, 2.05) is 0 Å². The second-order valence-corrected chi connectivity index (χ2v) is 10.7. The molecular weight excluding hydrogens is 552 g/mol. The van der Waals surface area contributed by atoms with E-state index in [0.717, 1.165) is 70.6 Å². The molecule has 0 spiro atoms. The van der Waals surface area contributed by atoms with E-state index in [0.29, 0.717) is 6.42 Å². The number of hydrogen-bond donors (Lipinski definition) is 0. The molecule has 0 aliphatic heterocycles. The minimum absolute atomic E-state index is 0.0269. The fourth-order valence-electron chi connectivity index (χ4n) is 5.85. The van der Waals surface area contributed by atoms with Crippen molar-refractivity contribution < 1.29 is 57.2 Å². The van der Waals surface area contributed by atoms with Gasteiger partial charge in [-0.25, -0.2) is 0 Å². The summed E-state index contributed by atoms with van der Waals surface area (Å²) in [6, 6.07) is 0. The molecule has 4 unspecified atom stereocenters. The summed E-state index contributed by atoms with van der Waals surface area (Å²) in [5.74, 6) is -2.24. The Balaban J connectivity index is 0.000000315. The van der Waals surface area contributed by atoms with Crippen molar-refractivity contribution >= 4 is 35.8 Å². The molecule has 3 saturated carbocycles. The third-order valence-electron chi connectivity index (χ3n) is 8.31. The molecule has 0 bridgehead atoms. The van der Waals surface area contributed by atoms with E-state index in [9.17, 15) is 28.8 Å². The number of hydrogen-bond acceptors (Lipinski definition) is 12. The Kier molecular flexibility index (Phi) is 17.4. The molecule has 3 rings (SSSR count). The summed E-state index contributed by atoms with van der Waals surface area (Å²) in [6.45, 7) is 0. The van der Waals surface area contributed by atoms with Gasteiger partial charge in [0, 0.05) is 0 Å². The van der Waals surface area contributed by atoms with Crippen molar-refractivity contribution in [3.8, 4) is 0 Å². The number of carbonyl (C=O) groups is 6. The zero-order valence-corrected chi connectivity index (χ0v) is 25.8. The summed E-state index contributed by atoms with van der Waals surface area (Å²) in [4.78, 5) is 67.6. The van der Waals surface area contributed by atoms with E-state index < -0.39 is 0 Å². The molecule has 0 aromatic carbocycles. The number of esters is 6. The van der Waals surface area contributed by atoms with Crippen LogP contribution in [0.2, 0.25) is 0 Å². The van der Waals surface area contributed by atoms with Gasteiger partial charge in [-0.15, -0.1) is 0 Å². The van der Waals surface area contributed by atoms with Crippen LogP contribution in [0.1, 0.15) is 77.0 Å². The molecule has 12 nitrogen and oxygen atoms in total. The van der Waals surface area contributed by atoms with Gasteiger partial charge in [0.25, 0.3) is 0 Å². The maximum atomic E-state index is 11.4. The molecule has 0 aromatic heterocycles. The predicted octanol–water partition coefficient (Wildman–Crippen LogP) is 3.42. The molecule has 3 fully saturated rings. The summed E-state index contributed by atoms with van der Waals surface area (Å²) in [5, 5.41) is 0. The first kappa shape index (κ1) is 36.8. The molecule has 0 N–H and O–H groups in total. The summed E-state index contributed by atoms with van der Waals surface area (Å²) in [5.41, 5.74) is 0. The zero-order valence-electron chi connectivity index (χ0n) is 25.8. The lowest BCUT2D eigenvalue weighted by Gasteiger charge is -2.27. The predicted molar refractivity (Wildman–Crippen MR) is 148 cm³/mol. The molecule has 0 radical (unpaired) electrons. The van der Waals surface area contributed by atoms with Gasteiger partial charge >= 0.3 is 35.8 Å². The quantitative estimate of drug-likeness (QED) is 0.324. The number of methoxy groups -OCH3 is 6. The van der Waals surface area contributed by atoms with Crippen molar-refractivity contribution in [3.63, 3.8) is 0 Å². The third kappa shape index (κ3) is 11.6. The lowest BCUT2D eigenvalue weighted by molar-refractivity contribution is -0.159. The van der Waals surface area contributed by atoms with Gasteiger partial charge in [0.15, 0.2) is 0 Å². The highest BCUT2D eigenvalue weighted by atomic mass is 16.5. The average Bonchev–Trinajstić information content (AvgIpc) is 3.06. The summed E-state index contributed by atoms with van der Waals surface area (Å²) in [6.07, 6.45) is 9.43.